The van der Waals surface area contributed by atoms with Crippen molar-refractivity contribution >= 4 is 51.6 Å². The summed E-state index contributed by atoms with van der Waals surface area (Å²) in [5, 5.41) is 2.11. The predicted octanol–water partition coefficient (Wildman–Crippen LogP) is 9.02. The summed E-state index contributed by atoms with van der Waals surface area (Å²) in [5.41, 5.74) is 7.20. The van der Waals surface area contributed by atoms with Gasteiger partial charge in [-0.3, -0.25) is 0 Å². The highest BCUT2D eigenvalue weighted by atomic mass is 16.7. The van der Waals surface area contributed by atoms with Crippen LogP contribution >= 0.6 is 0 Å². The highest BCUT2D eigenvalue weighted by Crippen LogP contribution is 2.45. The zero-order valence-electron chi connectivity index (χ0n) is 23.8. The van der Waals surface area contributed by atoms with Crippen LogP contribution in [0.25, 0.3) is 33.1 Å². The lowest BCUT2D eigenvalue weighted by atomic mass is 9.79. The van der Waals surface area contributed by atoms with Crippen molar-refractivity contribution in [3.8, 4) is 11.1 Å². The van der Waals surface area contributed by atoms with Gasteiger partial charge in [-0.25, -0.2) is 0 Å². The lowest BCUT2D eigenvalue weighted by molar-refractivity contribution is 0.00578. The Morgan fingerprint density at radius 2 is 1.12 bits per heavy atom. The van der Waals surface area contributed by atoms with E-state index in [0.29, 0.717) is 0 Å². The van der Waals surface area contributed by atoms with Crippen molar-refractivity contribution in [3.05, 3.63) is 121 Å². The molecule has 0 unspecified atom stereocenters. The molecule has 7 rings (SSSR count). The first-order valence-corrected chi connectivity index (χ1v) is 14.1. The molecule has 0 bridgehead atoms. The van der Waals surface area contributed by atoms with Crippen LogP contribution in [0.4, 0.5) is 17.1 Å². The molecule has 0 N–H and O–H groups in total. The van der Waals surface area contributed by atoms with E-state index in [9.17, 15) is 0 Å². The Morgan fingerprint density at radius 1 is 0.561 bits per heavy atom. The average molecular weight is 537 g/mol. The number of furan rings is 1. The molecular weight excluding hydrogens is 505 g/mol. The fourth-order valence-corrected chi connectivity index (χ4v) is 5.58. The van der Waals surface area contributed by atoms with Crippen molar-refractivity contribution < 1.29 is 13.7 Å². The molecule has 0 saturated carbocycles. The summed E-state index contributed by atoms with van der Waals surface area (Å²) < 4.78 is 19.4. The van der Waals surface area contributed by atoms with E-state index in [4.69, 9.17) is 13.7 Å². The van der Waals surface area contributed by atoms with Crippen LogP contribution in [0, 0.1) is 0 Å². The highest BCUT2D eigenvalue weighted by Gasteiger charge is 2.51. The number of benzene rings is 5. The van der Waals surface area contributed by atoms with E-state index in [1.807, 2.05) is 18.2 Å². The van der Waals surface area contributed by atoms with Crippen molar-refractivity contribution in [2.45, 2.75) is 38.9 Å². The molecule has 1 aromatic heterocycles. The maximum Gasteiger partial charge on any atom is 0.494 e. The second-order valence-electron chi connectivity index (χ2n) is 11.7. The Labute approximate surface area is 241 Å². The SMILES string of the molecule is CC1(C)OB(c2ccc3c(c2)oc2cc(-c4ccccc4)cc(N(c4ccccc4)c4ccccc4)c23)OC1(C)C. The van der Waals surface area contributed by atoms with Gasteiger partial charge in [-0.05, 0) is 86.7 Å². The van der Waals surface area contributed by atoms with Gasteiger partial charge in [0.05, 0.1) is 22.3 Å². The Morgan fingerprint density at radius 3 is 1.71 bits per heavy atom. The molecule has 5 heteroatoms. The summed E-state index contributed by atoms with van der Waals surface area (Å²) in [6, 6.07) is 42.2. The molecule has 41 heavy (non-hydrogen) atoms. The average Bonchev–Trinajstić information content (AvgIpc) is 3.46. The van der Waals surface area contributed by atoms with E-state index in [1.165, 1.54) is 0 Å². The number of nitrogens with zero attached hydrogens (tertiary/aromatic N) is 1. The largest absolute Gasteiger partial charge is 0.494 e. The van der Waals surface area contributed by atoms with Crippen LogP contribution in [0.2, 0.25) is 0 Å². The van der Waals surface area contributed by atoms with Gasteiger partial charge in [-0.15, -0.1) is 0 Å². The molecule has 0 radical (unpaired) electrons. The molecule has 2 heterocycles. The van der Waals surface area contributed by atoms with Crippen LogP contribution in [0.15, 0.2) is 126 Å². The Hall–Kier alpha value is -4.32. The van der Waals surface area contributed by atoms with E-state index in [-0.39, 0.29) is 0 Å². The summed E-state index contributed by atoms with van der Waals surface area (Å²) in [6.07, 6.45) is 0. The van der Waals surface area contributed by atoms with E-state index in [0.717, 1.165) is 55.6 Å². The molecule has 202 valence electrons. The van der Waals surface area contributed by atoms with Gasteiger partial charge in [0.1, 0.15) is 11.2 Å². The second kappa shape index (κ2) is 9.65. The normalized spacial score (nSPS) is 16.0. The minimum Gasteiger partial charge on any atom is -0.456 e. The van der Waals surface area contributed by atoms with Crippen molar-refractivity contribution in [3.63, 3.8) is 0 Å². The first kappa shape index (κ1) is 25.6. The van der Waals surface area contributed by atoms with Gasteiger partial charge in [0.15, 0.2) is 0 Å². The molecule has 0 atom stereocenters. The van der Waals surface area contributed by atoms with E-state index in [2.05, 4.69) is 136 Å². The molecule has 1 saturated heterocycles. The monoisotopic (exact) mass is 537 g/mol. The van der Waals surface area contributed by atoms with Gasteiger partial charge in [-0.1, -0.05) is 78.9 Å². The summed E-state index contributed by atoms with van der Waals surface area (Å²) in [6.45, 7) is 8.30. The number of para-hydroxylation sites is 2. The number of anilines is 3. The van der Waals surface area contributed by atoms with Gasteiger partial charge >= 0.3 is 7.12 Å². The smallest absolute Gasteiger partial charge is 0.456 e. The van der Waals surface area contributed by atoms with E-state index < -0.39 is 18.3 Å². The van der Waals surface area contributed by atoms with Crippen molar-refractivity contribution in [1.29, 1.82) is 0 Å². The molecular formula is C36H32BNO3. The minimum atomic E-state index is -0.456. The molecule has 5 aromatic carbocycles. The molecule has 1 aliphatic heterocycles. The van der Waals surface area contributed by atoms with E-state index in [1.54, 1.807) is 0 Å². The van der Waals surface area contributed by atoms with Gasteiger partial charge < -0.3 is 18.6 Å². The summed E-state index contributed by atoms with van der Waals surface area (Å²) >= 11 is 0. The molecule has 1 aliphatic rings. The van der Waals surface area contributed by atoms with Gasteiger partial charge in [-0.2, -0.15) is 0 Å². The molecule has 0 amide bonds. The fourth-order valence-electron chi connectivity index (χ4n) is 5.58. The van der Waals surface area contributed by atoms with Crippen LogP contribution in [-0.2, 0) is 9.31 Å². The molecule has 4 nitrogen and oxygen atoms in total. The summed E-state index contributed by atoms with van der Waals surface area (Å²) in [5.74, 6) is 0. The highest BCUT2D eigenvalue weighted by molar-refractivity contribution is 6.62. The number of hydrogen-bond acceptors (Lipinski definition) is 4. The molecule has 6 aromatic rings. The maximum absolute atomic E-state index is 6.64. The van der Waals surface area contributed by atoms with E-state index >= 15 is 0 Å². The second-order valence-corrected chi connectivity index (χ2v) is 11.7. The first-order chi connectivity index (χ1) is 19.8. The molecule has 0 aliphatic carbocycles. The maximum atomic E-state index is 6.64. The lowest BCUT2D eigenvalue weighted by Crippen LogP contribution is -2.41. The Kier molecular flexibility index (Phi) is 6.04. The van der Waals surface area contributed by atoms with Gasteiger partial charge in [0.25, 0.3) is 0 Å². The third kappa shape index (κ3) is 4.42. The van der Waals surface area contributed by atoms with Crippen molar-refractivity contribution in [1.82, 2.24) is 0 Å². The third-order valence-electron chi connectivity index (χ3n) is 8.48. The standard InChI is InChI=1S/C36H32BNO3/c1-35(2)36(3,4)41-37(40-35)27-20-21-30-32(24-27)39-33-23-26(25-14-8-5-9-15-25)22-31(34(30)33)38(28-16-10-6-11-17-28)29-18-12-7-13-19-29/h5-24H,1-4H3. The topological polar surface area (TPSA) is 34.8 Å². The zero-order chi connectivity index (χ0) is 28.2. The predicted molar refractivity (Wildman–Crippen MR) is 170 cm³/mol. The van der Waals surface area contributed by atoms with Crippen LogP contribution in [-0.4, -0.2) is 18.3 Å². The first-order valence-electron chi connectivity index (χ1n) is 14.1. The summed E-state index contributed by atoms with van der Waals surface area (Å²) in [4.78, 5) is 2.31. The zero-order valence-corrected chi connectivity index (χ0v) is 23.8. The minimum absolute atomic E-state index is 0.413. The summed E-state index contributed by atoms with van der Waals surface area (Å²) in [7, 11) is -0.456. The van der Waals surface area contributed by atoms with Gasteiger partial charge in [0, 0.05) is 16.8 Å². The molecule has 1 fully saturated rings. The van der Waals surface area contributed by atoms with Crippen molar-refractivity contribution in [2.24, 2.45) is 0 Å². The van der Waals surface area contributed by atoms with Crippen LogP contribution in [0.3, 0.4) is 0 Å². The number of hydrogen-bond donors (Lipinski definition) is 0. The van der Waals surface area contributed by atoms with Crippen LogP contribution in [0.5, 0.6) is 0 Å². The Bertz CT molecular complexity index is 1790. The van der Waals surface area contributed by atoms with Crippen LogP contribution < -0.4 is 10.4 Å². The van der Waals surface area contributed by atoms with Crippen LogP contribution in [0.1, 0.15) is 27.7 Å². The van der Waals surface area contributed by atoms with Gasteiger partial charge in [0.2, 0.25) is 0 Å². The Balaban J connectivity index is 1.47. The fraction of sp³-hybridized carbons (Fsp3) is 0.167. The molecule has 0 spiro atoms. The number of rotatable bonds is 5. The van der Waals surface area contributed by atoms with Crippen molar-refractivity contribution in [2.75, 3.05) is 4.90 Å². The quantitative estimate of drug-likeness (QED) is 0.206. The third-order valence-corrected chi connectivity index (χ3v) is 8.48. The lowest BCUT2D eigenvalue weighted by Gasteiger charge is -2.32. The number of fused-ring (bicyclic) bond motifs is 3.